The molecule has 1 fully saturated rings. The highest BCUT2D eigenvalue weighted by Crippen LogP contribution is 2.28. The molecule has 4 heteroatoms. The van der Waals surface area contributed by atoms with Gasteiger partial charge in [-0.25, -0.2) is 0 Å². The molecule has 26 heavy (non-hydrogen) atoms. The van der Waals surface area contributed by atoms with E-state index in [-0.39, 0.29) is 5.91 Å². The molecule has 0 saturated carbocycles. The van der Waals surface area contributed by atoms with E-state index >= 15 is 0 Å². The first-order valence-corrected chi connectivity index (χ1v) is 9.51. The summed E-state index contributed by atoms with van der Waals surface area (Å²) in [4.78, 5) is 15.0. The standard InChI is InChI=1S/C22H28N2O2/c1-17-10-9-11-19(16-17)26-18(2)22(25)23-20-12-5-6-13-21(20)24-14-7-3-4-8-15-24/h5-6,9-13,16,18H,3-4,7-8,14-15H2,1-2H3,(H,23,25). The SMILES string of the molecule is Cc1cccc(OC(C)C(=O)Nc2ccccc2N2CCCCCC2)c1. The molecule has 0 spiro atoms. The van der Waals surface area contributed by atoms with Gasteiger partial charge in [-0.1, -0.05) is 37.1 Å². The number of para-hydroxylation sites is 2. The van der Waals surface area contributed by atoms with E-state index in [0.29, 0.717) is 5.75 Å². The van der Waals surface area contributed by atoms with Crippen LogP contribution in [0.4, 0.5) is 11.4 Å². The summed E-state index contributed by atoms with van der Waals surface area (Å²) in [5, 5.41) is 3.06. The molecule has 1 heterocycles. The van der Waals surface area contributed by atoms with Crippen LogP contribution in [0.2, 0.25) is 0 Å². The van der Waals surface area contributed by atoms with Crippen molar-refractivity contribution in [1.29, 1.82) is 0 Å². The molecule has 1 aliphatic heterocycles. The van der Waals surface area contributed by atoms with Gasteiger partial charge in [-0.05, 0) is 56.5 Å². The summed E-state index contributed by atoms with van der Waals surface area (Å²) in [5.41, 5.74) is 3.08. The van der Waals surface area contributed by atoms with Crippen LogP contribution in [0, 0.1) is 6.92 Å². The van der Waals surface area contributed by atoms with Gasteiger partial charge in [0.25, 0.3) is 5.91 Å². The third-order valence-corrected chi connectivity index (χ3v) is 4.78. The van der Waals surface area contributed by atoms with Gasteiger partial charge in [0.15, 0.2) is 6.10 Å². The lowest BCUT2D eigenvalue weighted by molar-refractivity contribution is -0.122. The molecule has 2 aromatic carbocycles. The van der Waals surface area contributed by atoms with Crippen molar-refractivity contribution in [3.63, 3.8) is 0 Å². The minimum atomic E-state index is -0.561. The molecule has 1 amide bonds. The van der Waals surface area contributed by atoms with Gasteiger partial charge < -0.3 is 15.0 Å². The van der Waals surface area contributed by atoms with Crippen molar-refractivity contribution in [2.75, 3.05) is 23.3 Å². The van der Waals surface area contributed by atoms with Crippen LogP contribution in [0.1, 0.15) is 38.2 Å². The summed E-state index contributed by atoms with van der Waals surface area (Å²) in [6, 6.07) is 15.8. The van der Waals surface area contributed by atoms with E-state index in [2.05, 4.69) is 16.3 Å². The van der Waals surface area contributed by atoms with Crippen LogP contribution in [0.3, 0.4) is 0 Å². The summed E-state index contributed by atoms with van der Waals surface area (Å²) in [6.45, 7) is 5.88. The van der Waals surface area contributed by atoms with Crippen LogP contribution in [-0.4, -0.2) is 25.1 Å². The highest BCUT2D eigenvalue weighted by molar-refractivity contribution is 5.97. The Morgan fingerprint density at radius 2 is 1.77 bits per heavy atom. The van der Waals surface area contributed by atoms with E-state index in [1.165, 1.54) is 25.7 Å². The largest absolute Gasteiger partial charge is 0.481 e. The molecular weight excluding hydrogens is 324 g/mol. The molecule has 1 unspecified atom stereocenters. The minimum absolute atomic E-state index is 0.131. The van der Waals surface area contributed by atoms with Gasteiger partial charge in [-0.15, -0.1) is 0 Å². The highest BCUT2D eigenvalue weighted by Gasteiger charge is 2.19. The quantitative estimate of drug-likeness (QED) is 0.842. The maximum atomic E-state index is 12.6. The molecule has 4 nitrogen and oxygen atoms in total. The molecular formula is C22H28N2O2. The number of benzene rings is 2. The number of anilines is 2. The van der Waals surface area contributed by atoms with Crippen molar-refractivity contribution in [2.45, 2.75) is 45.6 Å². The molecule has 2 aromatic rings. The molecule has 0 radical (unpaired) electrons. The van der Waals surface area contributed by atoms with Crippen LogP contribution < -0.4 is 15.0 Å². The molecule has 1 aliphatic rings. The van der Waals surface area contributed by atoms with Gasteiger partial charge in [0.2, 0.25) is 0 Å². The monoisotopic (exact) mass is 352 g/mol. The Kier molecular flexibility index (Phi) is 6.16. The van der Waals surface area contributed by atoms with Gasteiger partial charge in [-0.2, -0.15) is 0 Å². The molecule has 0 aromatic heterocycles. The Hall–Kier alpha value is -2.49. The molecule has 1 atom stereocenters. The Bertz CT molecular complexity index is 736. The van der Waals surface area contributed by atoms with Crippen molar-refractivity contribution < 1.29 is 9.53 Å². The predicted molar refractivity (Wildman–Crippen MR) is 107 cm³/mol. The first-order valence-electron chi connectivity index (χ1n) is 9.51. The van der Waals surface area contributed by atoms with Gasteiger partial charge in [-0.3, -0.25) is 4.79 Å². The second kappa shape index (κ2) is 8.75. The average Bonchev–Trinajstić information content (AvgIpc) is 2.91. The maximum absolute atomic E-state index is 12.6. The summed E-state index contributed by atoms with van der Waals surface area (Å²) < 4.78 is 5.81. The first kappa shape index (κ1) is 18.3. The fraction of sp³-hybridized carbons (Fsp3) is 0.409. The van der Waals surface area contributed by atoms with Crippen molar-refractivity contribution in [3.05, 3.63) is 54.1 Å². The van der Waals surface area contributed by atoms with Crippen molar-refractivity contribution in [1.82, 2.24) is 0 Å². The third-order valence-electron chi connectivity index (χ3n) is 4.78. The Labute approximate surface area is 156 Å². The Balaban J connectivity index is 1.68. The van der Waals surface area contributed by atoms with E-state index in [0.717, 1.165) is 30.0 Å². The number of carbonyl (C=O) groups excluding carboxylic acids is 1. The van der Waals surface area contributed by atoms with E-state index < -0.39 is 6.10 Å². The molecule has 0 bridgehead atoms. The van der Waals surface area contributed by atoms with Crippen molar-refractivity contribution >= 4 is 17.3 Å². The Morgan fingerprint density at radius 3 is 2.50 bits per heavy atom. The zero-order chi connectivity index (χ0) is 18.4. The van der Waals surface area contributed by atoms with Gasteiger partial charge in [0.1, 0.15) is 5.75 Å². The lowest BCUT2D eigenvalue weighted by Crippen LogP contribution is -2.31. The zero-order valence-electron chi connectivity index (χ0n) is 15.7. The number of rotatable bonds is 5. The molecule has 138 valence electrons. The van der Waals surface area contributed by atoms with Crippen LogP contribution in [-0.2, 0) is 4.79 Å². The Morgan fingerprint density at radius 1 is 1.04 bits per heavy atom. The van der Waals surface area contributed by atoms with Crippen LogP contribution in [0.25, 0.3) is 0 Å². The lowest BCUT2D eigenvalue weighted by atomic mass is 10.2. The second-order valence-electron chi connectivity index (χ2n) is 6.98. The average molecular weight is 352 g/mol. The number of amides is 1. The zero-order valence-corrected chi connectivity index (χ0v) is 15.7. The minimum Gasteiger partial charge on any atom is -0.481 e. The molecule has 1 N–H and O–H groups in total. The van der Waals surface area contributed by atoms with Gasteiger partial charge in [0, 0.05) is 13.1 Å². The highest BCUT2D eigenvalue weighted by atomic mass is 16.5. The van der Waals surface area contributed by atoms with Crippen LogP contribution >= 0.6 is 0 Å². The van der Waals surface area contributed by atoms with E-state index in [1.54, 1.807) is 6.92 Å². The number of nitrogens with zero attached hydrogens (tertiary/aromatic N) is 1. The molecule has 0 aliphatic carbocycles. The normalized spacial score (nSPS) is 15.8. The van der Waals surface area contributed by atoms with Gasteiger partial charge in [0.05, 0.1) is 11.4 Å². The number of ether oxygens (including phenoxy) is 1. The first-order chi connectivity index (χ1) is 12.6. The number of carbonyl (C=O) groups is 1. The summed E-state index contributed by atoms with van der Waals surface area (Å²) in [5.74, 6) is 0.585. The second-order valence-corrected chi connectivity index (χ2v) is 6.98. The smallest absolute Gasteiger partial charge is 0.265 e. The number of aryl methyl sites for hydroxylation is 1. The number of hydrogen-bond acceptors (Lipinski definition) is 3. The van der Waals surface area contributed by atoms with E-state index in [1.807, 2.05) is 49.4 Å². The third kappa shape index (κ3) is 4.78. The summed E-state index contributed by atoms with van der Waals surface area (Å²) in [6.07, 6.45) is 4.41. The van der Waals surface area contributed by atoms with E-state index in [4.69, 9.17) is 4.74 Å². The molecule has 1 saturated heterocycles. The fourth-order valence-corrected chi connectivity index (χ4v) is 3.35. The van der Waals surface area contributed by atoms with Crippen molar-refractivity contribution in [3.8, 4) is 5.75 Å². The predicted octanol–water partition coefficient (Wildman–Crippen LogP) is 4.78. The number of hydrogen-bond donors (Lipinski definition) is 1. The fourth-order valence-electron chi connectivity index (χ4n) is 3.35. The van der Waals surface area contributed by atoms with E-state index in [9.17, 15) is 4.79 Å². The topological polar surface area (TPSA) is 41.6 Å². The van der Waals surface area contributed by atoms with Gasteiger partial charge >= 0.3 is 0 Å². The molecule has 3 rings (SSSR count). The van der Waals surface area contributed by atoms with Crippen molar-refractivity contribution in [2.24, 2.45) is 0 Å². The van der Waals surface area contributed by atoms with Crippen LogP contribution in [0.5, 0.6) is 5.75 Å². The summed E-state index contributed by atoms with van der Waals surface area (Å²) in [7, 11) is 0. The summed E-state index contributed by atoms with van der Waals surface area (Å²) >= 11 is 0. The number of nitrogens with one attached hydrogen (secondary N) is 1. The van der Waals surface area contributed by atoms with Crippen LogP contribution in [0.15, 0.2) is 48.5 Å². The lowest BCUT2D eigenvalue weighted by Gasteiger charge is -2.26. The maximum Gasteiger partial charge on any atom is 0.265 e.